The lowest BCUT2D eigenvalue weighted by Crippen LogP contribution is -2.26. The zero-order chi connectivity index (χ0) is 15.9. The van der Waals surface area contributed by atoms with Crippen LogP contribution in [-0.4, -0.2) is 17.8 Å². The summed E-state index contributed by atoms with van der Waals surface area (Å²) in [4.78, 5) is 19.6. The summed E-state index contributed by atoms with van der Waals surface area (Å²) in [6, 6.07) is 15.7. The molecule has 2 aromatic rings. The highest BCUT2D eigenvalue weighted by atomic mass is 16.1. The number of hydrogen-bond donors (Lipinski definition) is 4. The van der Waals surface area contributed by atoms with Crippen LogP contribution >= 0.6 is 0 Å². The van der Waals surface area contributed by atoms with Gasteiger partial charge in [0.15, 0.2) is 5.96 Å². The second kappa shape index (κ2) is 6.89. The van der Waals surface area contributed by atoms with Crippen LogP contribution in [0.15, 0.2) is 64.6 Å². The monoisotopic (exact) mass is 296 g/mol. The van der Waals surface area contributed by atoms with Gasteiger partial charge < -0.3 is 22.5 Å². The minimum absolute atomic E-state index is 0.0407. The Morgan fingerprint density at radius 2 is 1.55 bits per heavy atom. The van der Waals surface area contributed by atoms with Crippen molar-refractivity contribution in [2.75, 3.05) is 5.32 Å². The molecule has 2 aromatic carbocycles. The maximum atomic E-state index is 12.0. The lowest BCUT2D eigenvalue weighted by molar-refractivity contribution is 0.102. The van der Waals surface area contributed by atoms with E-state index in [2.05, 4.69) is 15.3 Å². The summed E-state index contributed by atoms with van der Waals surface area (Å²) in [6.07, 6.45) is 0. The average molecular weight is 296 g/mol. The summed E-state index contributed by atoms with van der Waals surface area (Å²) in [7, 11) is 0. The van der Waals surface area contributed by atoms with Gasteiger partial charge in [0.1, 0.15) is 0 Å². The SMILES string of the molecule is NC(N)=NC(N)=Nc1ccc(NC(=O)c2ccccc2)cc1. The predicted octanol–water partition coefficient (Wildman–Crippen LogP) is 1.16. The van der Waals surface area contributed by atoms with E-state index in [1.54, 1.807) is 48.5 Å². The van der Waals surface area contributed by atoms with Crippen molar-refractivity contribution in [2.45, 2.75) is 0 Å². The summed E-state index contributed by atoms with van der Waals surface area (Å²) < 4.78 is 0. The van der Waals surface area contributed by atoms with Crippen LogP contribution in [-0.2, 0) is 0 Å². The lowest BCUT2D eigenvalue weighted by Gasteiger charge is -2.05. The first-order valence-electron chi connectivity index (χ1n) is 6.45. The van der Waals surface area contributed by atoms with Crippen molar-refractivity contribution >= 4 is 29.2 Å². The summed E-state index contributed by atoms with van der Waals surface area (Å²) in [5.41, 5.74) is 17.7. The summed E-state index contributed by atoms with van der Waals surface area (Å²) >= 11 is 0. The largest absolute Gasteiger partial charge is 0.370 e. The van der Waals surface area contributed by atoms with E-state index in [4.69, 9.17) is 17.2 Å². The lowest BCUT2D eigenvalue weighted by atomic mass is 10.2. The molecule has 7 nitrogen and oxygen atoms in total. The Kier molecular flexibility index (Phi) is 4.71. The molecule has 22 heavy (non-hydrogen) atoms. The molecule has 7 heteroatoms. The Morgan fingerprint density at radius 3 is 2.14 bits per heavy atom. The third kappa shape index (κ3) is 4.34. The van der Waals surface area contributed by atoms with Crippen LogP contribution < -0.4 is 22.5 Å². The highest BCUT2D eigenvalue weighted by Crippen LogP contribution is 2.17. The molecule has 7 N–H and O–H groups in total. The molecule has 0 saturated heterocycles. The van der Waals surface area contributed by atoms with Crippen LogP contribution in [0.1, 0.15) is 10.4 Å². The van der Waals surface area contributed by atoms with Crippen molar-refractivity contribution in [1.82, 2.24) is 0 Å². The Balaban J connectivity index is 2.07. The van der Waals surface area contributed by atoms with Crippen molar-refractivity contribution in [3.05, 3.63) is 60.2 Å². The number of nitrogens with zero attached hydrogens (tertiary/aromatic N) is 2. The first kappa shape index (κ1) is 15.0. The molecule has 0 heterocycles. The van der Waals surface area contributed by atoms with E-state index < -0.39 is 0 Å². The molecule has 0 aliphatic carbocycles. The minimum Gasteiger partial charge on any atom is -0.370 e. The first-order chi connectivity index (χ1) is 10.5. The summed E-state index contributed by atoms with van der Waals surface area (Å²) in [5.74, 6) is -0.383. The van der Waals surface area contributed by atoms with Crippen molar-refractivity contribution in [1.29, 1.82) is 0 Å². The fraction of sp³-hybridized carbons (Fsp3) is 0. The van der Waals surface area contributed by atoms with E-state index >= 15 is 0 Å². The highest BCUT2D eigenvalue weighted by Gasteiger charge is 2.04. The molecule has 0 unspecified atom stereocenters. The third-order valence-electron chi connectivity index (χ3n) is 2.65. The molecule has 0 aromatic heterocycles. The number of nitrogens with one attached hydrogen (secondary N) is 1. The molecule has 0 aliphatic heterocycles. The van der Waals surface area contributed by atoms with Gasteiger partial charge in [-0.15, -0.1) is 0 Å². The summed E-state index contributed by atoms with van der Waals surface area (Å²) in [5, 5.41) is 2.78. The second-order valence-corrected chi connectivity index (χ2v) is 4.37. The number of amides is 1. The molecule has 0 spiro atoms. The zero-order valence-corrected chi connectivity index (χ0v) is 11.7. The molecule has 0 saturated carbocycles. The topological polar surface area (TPSA) is 132 Å². The molecule has 0 fully saturated rings. The van der Waals surface area contributed by atoms with Crippen molar-refractivity contribution < 1.29 is 4.79 Å². The van der Waals surface area contributed by atoms with E-state index in [9.17, 15) is 4.79 Å². The Hall–Kier alpha value is -3.35. The fourth-order valence-electron chi connectivity index (χ4n) is 1.70. The molecule has 0 aliphatic rings. The molecule has 0 atom stereocenters. The van der Waals surface area contributed by atoms with Gasteiger partial charge in [0.2, 0.25) is 5.96 Å². The Morgan fingerprint density at radius 1 is 0.909 bits per heavy atom. The average Bonchev–Trinajstić information content (AvgIpc) is 2.49. The number of benzene rings is 2. The number of nitrogens with two attached hydrogens (primary N) is 3. The van der Waals surface area contributed by atoms with Crippen LogP contribution in [0.5, 0.6) is 0 Å². The van der Waals surface area contributed by atoms with Gasteiger partial charge in [0, 0.05) is 11.3 Å². The van der Waals surface area contributed by atoms with Gasteiger partial charge in [-0.1, -0.05) is 18.2 Å². The van der Waals surface area contributed by atoms with E-state index in [1.807, 2.05) is 6.07 Å². The van der Waals surface area contributed by atoms with Crippen LogP contribution in [0.2, 0.25) is 0 Å². The standard InChI is InChI=1S/C15H16N6O/c16-14(17)21-15(18)20-12-8-6-11(7-9-12)19-13(22)10-4-2-1-3-5-10/h1-9H,(H,19,22)(H6,16,17,18,20,21). The van der Waals surface area contributed by atoms with Crippen LogP contribution in [0.3, 0.4) is 0 Å². The quantitative estimate of drug-likeness (QED) is 0.499. The molecule has 1 amide bonds. The summed E-state index contributed by atoms with van der Waals surface area (Å²) in [6.45, 7) is 0. The smallest absolute Gasteiger partial charge is 0.255 e. The zero-order valence-electron chi connectivity index (χ0n) is 11.7. The van der Waals surface area contributed by atoms with Crippen LogP contribution in [0.4, 0.5) is 11.4 Å². The number of aliphatic imine (C=N–C) groups is 2. The number of carbonyl (C=O) groups is 1. The number of carbonyl (C=O) groups excluding carboxylic acids is 1. The van der Waals surface area contributed by atoms with Crippen LogP contribution in [0.25, 0.3) is 0 Å². The van der Waals surface area contributed by atoms with Gasteiger partial charge >= 0.3 is 0 Å². The Labute approximate surface area is 127 Å². The van der Waals surface area contributed by atoms with E-state index in [1.165, 1.54) is 0 Å². The van der Waals surface area contributed by atoms with Crippen molar-refractivity contribution in [3.63, 3.8) is 0 Å². The van der Waals surface area contributed by atoms with Crippen molar-refractivity contribution in [3.8, 4) is 0 Å². The van der Waals surface area contributed by atoms with E-state index in [0.717, 1.165) is 0 Å². The van der Waals surface area contributed by atoms with E-state index in [-0.39, 0.29) is 17.8 Å². The van der Waals surface area contributed by atoms with Gasteiger partial charge in [-0.3, -0.25) is 4.79 Å². The highest BCUT2D eigenvalue weighted by molar-refractivity contribution is 6.04. The molecular weight excluding hydrogens is 280 g/mol. The molecule has 0 radical (unpaired) electrons. The molecule has 2 rings (SSSR count). The predicted molar refractivity (Wildman–Crippen MR) is 87.9 cm³/mol. The van der Waals surface area contributed by atoms with E-state index in [0.29, 0.717) is 16.9 Å². The van der Waals surface area contributed by atoms with Gasteiger partial charge in [-0.25, -0.2) is 4.99 Å². The molecule has 112 valence electrons. The van der Waals surface area contributed by atoms with Gasteiger partial charge in [-0.05, 0) is 36.4 Å². The van der Waals surface area contributed by atoms with Crippen molar-refractivity contribution in [2.24, 2.45) is 27.2 Å². The van der Waals surface area contributed by atoms with Crippen LogP contribution in [0, 0.1) is 0 Å². The maximum Gasteiger partial charge on any atom is 0.255 e. The number of anilines is 1. The molecule has 0 bridgehead atoms. The van der Waals surface area contributed by atoms with Gasteiger partial charge in [0.05, 0.1) is 5.69 Å². The second-order valence-electron chi connectivity index (χ2n) is 4.37. The van der Waals surface area contributed by atoms with Gasteiger partial charge in [-0.2, -0.15) is 4.99 Å². The number of rotatable bonds is 3. The molecular formula is C15H16N6O. The minimum atomic E-state index is -0.183. The first-order valence-corrected chi connectivity index (χ1v) is 6.45. The number of guanidine groups is 2. The normalized spacial score (nSPS) is 10.8. The fourth-order valence-corrected chi connectivity index (χ4v) is 1.70. The third-order valence-corrected chi connectivity index (χ3v) is 2.65. The Bertz CT molecular complexity index is 703. The number of hydrogen-bond acceptors (Lipinski definition) is 2. The maximum absolute atomic E-state index is 12.0. The van der Waals surface area contributed by atoms with Gasteiger partial charge in [0.25, 0.3) is 5.91 Å².